The number of ether oxygens (including phenoxy) is 1. The van der Waals surface area contributed by atoms with Crippen molar-refractivity contribution in [2.24, 2.45) is 5.92 Å². The SMILES string of the molecule is O=c1[nH]c(Cl)c(F)c(=O)n1C1CCOC1C1CC1. The number of halogens is 2. The van der Waals surface area contributed by atoms with E-state index < -0.39 is 22.2 Å². The van der Waals surface area contributed by atoms with Crippen LogP contribution in [0.2, 0.25) is 5.15 Å². The molecule has 1 saturated heterocycles. The van der Waals surface area contributed by atoms with Gasteiger partial charge in [-0.1, -0.05) is 11.6 Å². The molecule has 3 rings (SSSR count). The van der Waals surface area contributed by atoms with Gasteiger partial charge < -0.3 is 4.74 Å². The van der Waals surface area contributed by atoms with Gasteiger partial charge in [0.2, 0.25) is 5.82 Å². The Morgan fingerprint density at radius 3 is 2.72 bits per heavy atom. The van der Waals surface area contributed by atoms with Gasteiger partial charge in [0, 0.05) is 6.61 Å². The van der Waals surface area contributed by atoms with E-state index in [1.807, 2.05) is 0 Å². The van der Waals surface area contributed by atoms with Crippen molar-refractivity contribution >= 4 is 11.6 Å². The van der Waals surface area contributed by atoms with Crippen LogP contribution >= 0.6 is 11.6 Å². The molecular formula is C11H12ClFN2O3. The number of hydrogen-bond donors (Lipinski definition) is 1. The lowest BCUT2D eigenvalue weighted by Gasteiger charge is -2.19. The molecule has 5 nitrogen and oxygen atoms in total. The normalized spacial score (nSPS) is 27.7. The summed E-state index contributed by atoms with van der Waals surface area (Å²) < 4.78 is 20.0. The Bertz CT molecular complexity index is 593. The van der Waals surface area contributed by atoms with Gasteiger partial charge in [0.1, 0.15) is 0 Å². The third-order valence-corrected chi connectivity index (χ3v) is 3.82. The Kier molecular flexibility index (Phi) is 2.79. The van der Waals surface area contributed by atoms with Crippen LogP contribution in [-0.2, 0) is 4.74 Å². The van der Waals surface area contributed by atoms with E-state index in [4.69, 9.17) is 16.3 Å². The molecular weight excluding hydrogens is 263 g/mol. The van der Waals surface area contributed by atoms with Crippen molar-refractivity contribution in [3.8, 4) is 0 Å². The van der Waals surface area contributed by atoms with Crippen LogP contribution in [-0.4, -0.2) is 22.3 Å². The maximum absolute atomic E-state index is 13.5. The van der Waals surface area contributed by atoms with E-state index in [1.165, 1.54) is 0 Å². The molecule has 2 fully saturated rings. The smallest absolute Gasteiger partial charge is 0.329 e. The Balaban J connectivity index is 2.09. The molecule has 0 aromatic carbocycles. The zero-order valence-corrected chi connectivity index (χ0v) is 10.2. The number of hydrogen-bond acceptors (Lipinski definition) is 3. The summed E-state index contributed by atoms with van der Waals surface area (Å²) in [5.41, 5.74) is -1.64. The van der Waals surface area contributed by atoms with Crippen LogP contribution in [0, 0.1) is 11.7 Å². The van der Waals surface area contributed by atoms with Gasteiger partial charge in [-0.15, -0.1) is 0 Å². The van der Waals surface area contributed by atoms with Crippen molar-refractivity contribution in [2.45, 2.75) is 31.4 Å². The molecule has 1 aliphatic heterocycles. The summed E-state index contributed by atoms with van der Waals surface area (Å²) in [6, 6.07) is -0.388. The van der Waals surface area contributed by atoms with Crippen molar-refractivity contribution in [2.75, 3.05) is 6.61 Å². The van der Waals surface area contributed by atoms with E-state index >= 15 is 0 Å². The minimum absolute atomic E-state index is 0.163. The van der Waals surface area contributed by atoms with E-state index in [9.17, 15) is 14.0 Å². The molecule has 0 radical (unpaired) electrons. The largest absolute Gasteiger partial charge is 0.376 e. The van der Waals surface area contributed by atoms with Gasteiger partial charge in [-0.2, -0.15) is 4.39 Å². The average Bonchev–Trinajstić information content (AvgIpc) is 3.07. The van der Waals surface area contributed by atoms with Gasteiger partial charge in [0.25, 0.3) is 5.56 Å². The van der Waals surface area contributed by atoms with Crippen molar-refractivity contribution in [1.82, 2.24) is 9.55 Å². The summed E-state index contributed by atoms with van der Waals surface area (Å²) in [4.78, 5) is 25.8. The first-order valence-electron chi connectivity index (χ1n) is 5.91. The first-order valence-corrected chi connectivity index (χ1v) is 6.29. The summed E-state index contributed by atoms with van der Waals surface area (Å²) in [6.45, 7) is 0.488. The fraction of sp³-hybridized carbons (Fsp3) is 0.636. The topological polar surface area (TPSA) is 64.1 Å². The zero-order valence-electron chi connectivity index (χ0n) is 9.49. The van der Waals surface area contributed by atoms with Gasteiger partial charge in [-0.3, -0.25) is 14.3 Å². The monoisotopic (exact) mass is 274 g/mol. The standard InChI is InChI=1S/C11H12ClFN2O3/c12-9-7(13)10(16)15(11(17)14-9)6-3-4-18-8(6)5-1-2-5/h5-6,8H,1-4H2,(H,14,17). The zero-order chi connectivity index (χ0) is 12.9. The van der Waals surface area contributed by atoms with Crippen molar-refractivity contribution in [3.63, 3.8) is 0 Å². The molecule has 18 heavy (non-hydrogen) atoms. The quantitative estimate of drug-likeness (QED) is 0.821. The van der Waals surface area contributed by atoms with Gasteiger partial charge in [-0.05, 0) is 25.2 Å². The fourth-order valence-electron chi connectivity index (χ4n) is 2.55. The predicted molar refractivity (Wildman–Crippen MR) is 62.4 cm³/mol. The van der Waals surface area contributed by atoms with E-state index in [-0.39, 0.29) is 12.1 Å². The second kappa shape index (κ2) is 4.20. The molecule has 1 N–H and O–H groups in total. The number of aromatic amines is 1. The van der Waals surface area contributed by atoms with Crippen LogP contribution in [0.1, 0.15) is 25.3 Å². The van der Waals surface area contributed by atoms with Gasteiger partial charge in [0.15, 0.2) is 5.15 Å². The maximum Gasteiger partial charge on any atom is 0.329 e. The summed E-state index contributed by atoms with van der Waals surface area (Å²) >= 11 is 5.43. The first kappa shape index (κ1) is 11.9. The molecule has 2 unspecified atom stereocenters. The highest BCUT2D eigenvalue weighted by Gasteiger charge is 2.42. The van der Waals surface area contributed by atoms with Crippen LogP contribution in [0.3, 0.4) is 0 Å². The Morgan fingerprint density at radius 1 is 1.33 bits per heavy atom. The highest BCUT2D eigenvalue weighted by molar-refractivity contribution is 6.29. The molecule has 2 aliphatic rings. The summed E-state index contributed by atoms with van der Waals surface area (Å²) in [7, 11) is 0. The molecule has 2 atom stereocenters. The van der Waals surface area contributed by atoms with Crippen molar-refractivity contribution < 1.29 is 9.13 Å². The van der Waals surface area contributed by atoms with Gasteiger partial charge in [-0.25, -0.2) is 4.79 Å². The van der Waals surface area contributed by atoms with E-state index in [0.29, 0.717) is 18.9 Å². The lowest BCUT2D eigenvalue weighted by atomic mass is 10.1. The molecule has 0 amide bonds. The van der Waals surface area contributed by atoms with Crippen LogP contribution in [0.4, 0.5) is 4.39 Å². The third kappa shape index (κ3) is 1.80. The summed E-state index contributed by atoms with van der Waals surface area (Å²) in [6.07, 6.45) is 2.45. The third-order valence-electron chi connectivity index (χ3n) is 3.56. The van der Waals surface area contributed by atoms with Crippen LogP contribution in [0.25, 0.3) is 0 Å². The van der Waals surface area contributed by atoms with Crippen molar-refractivity contribution in [1.29, 1.82) is 0 Å². The van der Waals surface area contributed by atoms with Gasteiger partial charge >= 0.3 is 5.69 Å². The molecule has 1 aliphatic carbocycles. The second-order valence-electron chi connectivity index (χ2n) is 4.76. The minimum atomic E-state index is -1.11. The highest BCUT2D eigenvalue weighted by Crippen LogP contribution is 2.42. The number of nitrogens with one attached hydrogen (secondary N) is 1. The molecule has 1 aromatic rings. The van der Waals surface area contributed by atoms with E-state index in [1.54, 1.807) is 0 Å². The van der Waals surface area contributed by atoms with Gasteiger partial charge in [0.05, 0.1) is 12.1 Å². The Morgan fingerprint density at radius 2 is 2.06 bits per heavy atom. The molecule has 98 valence electrons. The lowest BCUT2D eigenvalue weighted by Crippen LogP contribution is -2.42. The van der Waals surface area contributed by atoms with Crippen molar-refractivity contribution in [3.05, 3.63) is 31.8 Å². The highest BCUT2D eigenvalue weighted by atomic mass is 35.5. The summed E-state index contributed by atoms with van der Waals surface area (Å²) in [5, 5.41) is -0.539. The lowest BCUT2D eigenvalue weighted by molar-refractivity contribution is 0.0732. The molecule has 0 bridgehead atoms. The van der Waals surface area contributed by atoms with Crippen LogP contribution in [0.5, 0.6) is 0 Å². The fourth-order valence-corrected chi connectivity index (χ4v) is 2.71. The average molecular weight is 275 g/mol. The summed E-state index contributed by atoms with van der Waals surface area (Å²) in [5.74, 6) is -0.736. The predicted octanol–water partition coefficient (Wildman–Crippen LogP) is 1.07. The molecule has 1 aromatic heterocycles. The molecule has 2 heterocycles. The van der Waals surface area contributed by atoms with Crippen LogP contribution in [0.15, 0.2) is 9.59 Å². The number of H-pyrrole nitrogens is 1. The first-order chi connectivity index (χ1) is 8.59. The van der Waals surface area contributed by atoms with E-state index in [0.717, 1.165) is 17.4 Å². The number of rotatable bonds is 2. The second-order valence-corrected chi connectivity index (χ2v) is 5.14. The van der Waals surface area contributed by atoms with Crippen LogP contribution < -0.4 is 11.2 Å². The minimum Gasteiger partial charge on any atom is -0.376 e. The molecule has 0 spiro atoms. The Labute approximate surface area is 107 Å². The maximum atomic E-state index is 13.5. The molecule has 1 saturated carbocycles. The van der Waals surface area contributed by atoms with E-state index in [2.05, 4.69) is 4.98 Å². The Hall–Kier alpha value is -1.14. The molecule has 7 heteroatoms. The number of nitrogens with zero attached hydrogens (tertiary/aromatic N) is 1. The number of aromatic nitrogens is 2.